The number of hydrogen-bond acceptors (Lipinski definition) is 7. The minimum absolute atomic E-state index is 0.197. The summed E-state index contributed by atoms with van der Waals surface area (Å²) in [6.45, 7) is 0. The Morgan fingerprint density at radius 1 is 1.09 bits per heavy atom. The average molecular weight is 312 g/mol. The van der Waals surface area contributed by atoms with Crippen molar-refractivity contribution in [2.24, 2.45) is 0 Å². The molecule has 7 nitrogen and oxygen atoms in total. The van der Waals surface area contributed by atoms with E-state index in [1.165, 1.54) is 0 Å². The van der Waals surface area contributed by atoms with Gasteiger partial charge in [0.1, 0.15) is 17.7 Å². The Kier molecular flexibility index (Phi) is 3.06. The number of aromatic hydroxyl groups is 1. The lowest BCUT2D eigenvalue weighted by Crippen LogP contribution is -2.14. The van der Waals surface area contributed by atoms with Crippen molar-refractivity contribution < 1.29 is 24.0 Å². The van der Waals surface area contributed by atoms with E-state index in [0.717, 1.165) is 16.7 Å². The minimum Gasteiger partial charge on any atom is -0.508 e. The van der Waals surface area contributed by atoms with Gasteiger partial charge < -0.3 is 24.0 Å². The number of hydrogen-bond donors (Lipinski definition) is 2. The van der Waals surface area contributed by atoms with E-state index in [4.69, 9.17) is 18.9 Å². The fraction of sp³-hybridized carbons (Fsp3) is 0.0625. The van der Waals surface area contributed by atoms with Crippen LogP contribution < -0.4 is 20.1 Å². The van der Waals surface area contributed by atoms with Crippen molar-refractivity contribution in [3.8, 4) is 45.4 Å². The van der Waals surface area contributed by atoms with Crippen LogP contribution in [0.25, 0.3) is 22.4 Å². The van der Waals surface area contributed by atoms with Crippen LogP contribution in [0.15, 0.2) is 47.2 Å². The molecule has 0 unspecified atom stereocenters. The van der Waals surface area contributed by atoms with Crippen molar-refractivity contribution in [3.05, 3.63) is 42.7 Å². The summed E-state index contributed by atoms with van der Waals surface area (Å²) in [7, 11) is 1.55. The number of aromatic nitrogens is 1. The molecule has 2 heterocycles. The molecule has 0 aliphatic carbocycles. The van der Waals surface area contributed by atoms with Crippen LogP contribution in [0.2, 0.25) is 0 Å². The highest BCUT2D eigenvalue weighted by Crippen LogP contribution is 2.44. The van der Waals surface area contributed by atoms with Gasteiger partial charge in [0.15, 0.2) is 5.75 Å². The molecule has 3 aromatic rings. The third kappa shape index (κ3) is 2.23. The average Bonchev–Trinajstić information content (AvgIpc) is 3.23. The molecular formula is C16H12N2O5. The van der Waals surface area contributed by atoms with Crippen LogP contribution in [-0.2, 0) is 0 Å². The lowest BCUT2D eigenvalue weighted by molar-refractivity contribution is 0.0248. The Morgan fingerprint density at radius 3 is 2.70 bits per heavy atom. The monoisotopic (exact) mass is 312 g/mol. The summed E-state index contributed by atoms with van der Waals surface area (Å²) < 4.78 is 10.5. The third-order valence-corrected chi connectivity index (χ3v) is 3.56. The van der Waals surface area contributed by atoms with E-state index >= 15 is 0 Å². The largest absolute Gasteiger partial charge is 0.508 e. The molecule has 0 saturated carbocycles. The summed E-state index contributed by atoms with van der Waals surface area (Å²) in [5.41, 5.74) is 5.38. The van der Waals surface area contributed by atoms with Gasteiger partial charge in [-0.05, 0) is 29.8 Å². The summed E-state index contributed by atoms with van der Waals surface area (Å²) in [4.78, 5) is 10.3. The number of ether oxygens (including phenoxy) is 1. The summed E-state index contributed by atoms with van der Waals surface area (Å²) in [5, 5.41) is 13.5. The fourth-order valence-electron chi connectivity index (χ4n) is 2.44. The van der Waals surface area contributed by atoms with Gasteiger partial charge in [-0.1, -0.05) is 17.3 Å². The van der Waals surface area contributed by atoms with Crippen molar-refractivity contribution in [1.82, 2.24) is 10.8 Å². The number of phenols is 1. The molecule has 1 aromatic heterocycles. The lowest BCUT2D eigenvalue weighted by Gasteiger charge is -2.07. The maximum atomic E-state index is 9.42. The van der Waals surface area contributed by atoms with Crippen molar-refractivity contribution in [3.63, 3.8) is 0 Å². The first-order chi connectivity index (χ1) is 11.3. The number of nitrogens with one attached hydrogen (secondary N) is 1. The van der Waals surface area contributed by atoms with Crippen LogP contribution >= 0.6 is 0 Å². The van der Waals surface area contributed by atoms with Gasteiger partial charge in [-0.2, -0.15) is 0 Å². The Morgan fingerprint density at radius 2 is 1.91 bits per heavy atom. The van der Waals surface area contributed by atoms with E-state index in [9.17, 15) is 5.11 Å². The maximum absolute atomic E-state index is 9.42. The second kappa shape index (κ2) is 5.22. The van der Waals surface area contributed by atoms with E-state index in [-0.39, 0.29) is 5.75 Å². The maximum Gasteiger partial charge on any atom is 0.237 e. The van der Waals surface area contributed by atoms with Crippen LogP contribution in [0, 0.1) is 0 Å². The molecule has 116 valence electrons. The quantitative estimate of drug-likeness (QED) is 0.769. The summed E-state index contributed by atoms with van der Waals surface area (Å²) in [5.74, 6) is 1.69. The molecule has 0 amide bonds. The Hall–Kier alpha value is -3.19. The molecule has 2 aromatic carbocycles. The van der Waals surface area contributed by atoms with E-state index in [0.29, 0.717) is 22.9 Å². The molecule has 0 fully saturated rings. The highest BCUT2D eigenvalue weighted by molar-refractivity contribution is 5.82. The first-order valence-corrected chi connectivity index (χ1v) is 6.81. The van der Waals surface area contributed by atoms with Gasteiger partial charge in [-0.25, -0.2) is 0 Å². The molecule has 0 radical (unpaired) electrons. The highest BCUT2D eigenvalue weighted by atomic mass is 16.9. The smallest absolute Gasteiger partial charge is 0.237 e. The zero-order valence-electron chi connectivity index (χ0n) is 12.1. The third-order valence-electron chi connectivity index (χ3n) is 3.56. The molecule has 0 saturated heterocycles. The van der Waals surface area contributed by atoms with Gasteiger partial charge in [0.05, 0.1) is 7.11 Å². The lowest BCUT2D eigenvalue weighted by atomic mass is 10.0. The van der Waals surface area contributed by atoms with E-state index in [2.05, 4.69) is 10.8 Å². The standard InChI is InChI=1S/C16H12N2O5/c1-20-13-6-10(7-14-16(13)23-18-22-14)15-12(8-21-17-15)9-2-4-11(19)5-3-9/h2-8,18-19H,1H3. The van der Waals surface area contributed by atoms with Gasteiger partial charge >= 0.3 is 0 Å². The van der Waals surface area contributed by atoms with Crippen molar-refractivity contribution >= 4 is 0 Å². The minimum atomic E-state index is 0.197. The first kappa shape index (κ1) is 13.5. The molecule has 0 atom stereocenters. The number of fused-ring (bicyclic) bond motifs is 1. The van der Waals surface area contributed by atoms with Crippen molar-refractivity contribution in [2.45, 2.75) is 0 Å². The Bertz CT molecular complexity index is 857. The number of phenolic OH excluding ortho intramolecular Hbond substituents is 1. The van der Waals surface area contributed by atoms with Crippen LogP contribution in [-0.4, -0.2) is 17.4 Å². The molecule has 4 rings (SSSR count). The van der Waals surface area contributed by atoms with Crippen molar-refractivity contribution in [1.29, 1.82) is 0 Å². The zero-order valence-corrected chi connectivity index (χ0v) is 12.1. The van der Waals surface area contributed by atoms with Crippen LogP contribution in [0.4, 0.5) is 0 Å². The number of benzene rings is 2. The summed E-state index contributed by atoms with van der Waals surface area (Å²) in [6, 6.07) is 10.4. The number of rotatable bonds is 3. The highest BCUT2D eigenvalue weighted by Gasteiger charge is 2.23. The van der Waals surface area contributed by atoms with Crippen LogP contribution in [0.1, 0.15) is 0 Å². The second-order valence-electron chi connectivity index (χ2n) is 4.92. The summed E-state index contributed by atoms with van der Waals surface area (Å²) in [6.07, 6.45) is 1.55. The molecule has 0 spiro atoms. The van der Waals surface area contributed by atoms with Gasteiger partial charge in [-0.15, -0.1) is 0 Å². The van der Waals surface area contributed by atoms with Crippen LogP contribution in [0.5, 0.6) is 23.0 Å². The number of nitrogens with zero attached hydrogens (tertiary/aromatic N) is 1. The summed E-state index contributed by atoms with van der Waals surface area (Å²) >= 11 is 0. The SMILES string of the molecule is COc1cc(-c2nocc2-c2ccc(O)cc2)cc2c1ONO2. The number of methoxy groups -OCH3 is 1. The fourth-order valence-corrected chi connectivity index (χ4v) is 2.44. The predicted octanol–water partition coefficient (Wildman–Crippen LogP) is 2.91. The Balaban J connectivity index is 1.83. The Labute approximate surface area is 130 Å². The normalized spacial score (nSPS) is 12.4. The van der Waals surface area contributed by atoms with E-state index < -0.39 is 0 Å². The molecule has 23 heavy (non-hydrogen) atoms. The van der Waals surface area contributed by atoms with Gasteiger partial charge in [0.25, 0.3) is 0 Å². The van der Waals surface area contributed by atoms with Gasteiger partial charge in [0.2, 0.25) is 11.5 Å². The molecule has 7 heteroatoms. The second-order valence-corrected chi connectivity index (χ2v) is 4.92. The van der Waals surface area contributed by atoms with Crippen molar-refractivity contribution in [2.75, 3.05) is 7.11 Å². The zero-order chi connectivity index (χ0) is 15.8. The molecule has 0 bridgehead atoms. The van der Waals surface area contributed by atoms with Gasteiger partial charge in [-0.3, -0.25) is 0 Å². The van der Waals surface area contributed by atoms with Gasteiger partial charge in [0, 0.05) is 16.8 Å². The molecule has 1 aliphatic heterocycles. The first-order valence-electron chi connectivity index (χ1n) is 6.81. The van der Waals surface area contributed by atoms with E-state index in [1.54, 1.807) is 49.8 Å². The molecular weight excluding hydrogens is 300 g/mol. The molecule has 2 N–H and O–H groups in total. The predicted molar refractivity (Wildman–Crippen MR) is 80.0 cm³/mol. The topological polar surface area (TPSA) is 86.0 Å². The molecule has 1 aliphatic rings. The van der Waals surface area contributed by atoms with E-state index in [1.807, 2.05) is 0 Å². The van der Waals surface area contributed by atoms with Crippen LogP contribution in [0.3, 0.4) is 0 Å².